The third kappa shape index (κ3) is 6.40. The van der Waals surface area contributed by atoms with Crippen LogP contribution in [0.3, 0.4) is 0 Å². The fourth-order valence-electron chi connectivity index (χ4n) is 3.35. The summed E-state index contributed by atoms with van der Waals surface area (Å²) in [5.74, 6) is 0.0984. The average Bonchev–Trinajstić information content (AvgIpc) is 2.72. The van der Waals surface area contributed by atoms with Gasteiger partial charge in [-0.1, -0.05) is 62.4 Å². The largest absolute Gasteiger partial charge is 0.375 e. The molecule has 1 atom stereocenters. The lowest BCUT2D eigenvalue weighted by atomic mass is 10.0. The minimum absolute atomic E-state index is 0.0984. The number of anilines is 1. The van der Waals surface area contributed by atoms with E-state index in [1.54, 1.807) is 0 Å². The zero-order chi connectivity index (χ0) is 19.5. The molecule has 2 aromatic rings. The molecule has 0 fully saturated rings. The third-order valence-electron chi connectivity index (χ3n) is 4.96. The van der Waals surface area contributed by atoms with Crippen LogP contribution in [0.15, 0.2) is 60.7 Å². The second kappa shape index (κ2) is 11.4. The molecule has 0 heterocycles. The van der Waals surface area contributed by atoms with Gasteiger partial charge in [-0.25, -0.2) is 0 Å². The second-order valence-electron chi connectivity index (χ2n) is 6.79. The highest BCUT2D eigenvalue weighted by molar-refractivity contribution is 5.83. The van der Waals surface area contributed by atoms with Gasteiger partial charge in [0.15, 0.2) is 0 Å². The second-order valence-corrected chi connectivity index (χ2v) is 6.79. The Morgan fingerprint density at radius 3 is 2.11 bits per heavy atom. The monoisotopic (exact) mass is 367 g/mol. The van der Waals surface area contributed by atoms with E-state index in [0.717, 1.165) is 38.0 Å². The van der Waals surface area contributed by atoms with Gasteiger partial charge >= 0.3 is 0 Å². The first kappa shape index (κ1) is 21.0. The summed E-state index contributed by atoms with van der Waals surface area (Å²) in [4.78, 5) is 17.3. The van der Waals surface area contributed by atoms with Gasteiger partial charge in [-0.2, -0.15) is 0 Å². The van der Waals surface area contributed by atoms with Crippen LogP contribution in [0.25, 0.3) is 0 Å². The molecule has 0 aliphatic rings. The maximum atomic E-state index is 12.9. The van der Waals surface area contributed by atoms with E-state index in [9.17, 15) is 4.79 Å². The molecule has 27 heavy (non-hydrogen) atoms. The number of likely N-dealkylation sites (N-methyl/N-ethyl adjacent to an activating group) is 1. The van der Waals surface area contributed by atoms with E-state index < -0.39 is 0 Å². The Morgan fingerprint density at radius 2 is 1.52 bits per heavy atom. The number of hydrogen-bond acceptors (Lipinski definition) is 3. The van der Waals surface area contributed by atoms with Crippen molar-refractivity contribution in [2.75, 3.05) is 38.1 Å². The van der Waals surface area contributed by atoms with Crippen molar-refractivity contribution in [1.82, 2.24) is 10.2 Å². The number of benzene rings is 2. The van der Waals surface area contributed by atoms with E-state index in [0.29, 0.717) is 6.54 Å². The minimum atomic E-state index is -0.215. The summed E-state index contributed by atoms with van der Waals surface area (Å²) in [5.41, 5.74) is 2.29. The van der Waals surface area contributed by atoms with Gasteiger partial charge < -0.3 is 10.2 Å². The SMILES string of the molecule is CCN(CC)C(C(=O)NCCCCN(C)c1ccccc1)c1ccccc1. The smallest absolute Gasteiger partial charge is 0.241 e. The molecule has 0 radical (unpaired) electrons. The van der Waals surface area contributed by atoms with Crippen LogP contribution in [0, 0.1) is 0 Å². The molecule has 0 saturated carbocycles. The molecule has 0 aliphatic heterocycles. The lowest BCUT2D eigenvalue weighted by Gasteiger charge is -2.29. The van der Waals surface area contributed by atoms with Gasteiger partial charge in [-0.3, -0.25) is 9.69 Å². The van der Waals surface area contributed by atoms with Crippen molar-refractivity contribution >= 4 is 11.6 Å². The Kier molecular flexibility index (Phi) is 8.85. The molecule has 0 spiro atoms. The highest BCUT2D eigenvalue weighted by atomic mass is 16.2. The van der Waals surface area contributed by atoms with Crippen molar-refractivity contribution in [2.45, 2.75) is 32.7 Å². The predicted octanol–water partition coefficient (Wildman–Crippen LogP) is 4.10. The molecule has 2 aromatic carbocycles. The van der Waals surface area contributed by atoms with Crippen molar-refractivity contribution in [3.8, 4) is 0 Å². The summed E-state index contributed by atoms with van der Waals surface area (Å²) in [5, 5.41) is 3.14. The summed E-state index contributed by atoms with van der Waals surface area (Å²) in [6.45, 7) is 7.61. The van der Waals surface area contributed by atoms with Gasteiger partial charge in [-0.05, 0) is 43.6 Å². The summed E-state index contributed by atoms with van der Waals surface area (Å²) >= 11 is 0. The molecular formula is C23H33N3O. The third-order valence-corrected chi connectivity index (χ3v) is 4.96. The van der Waals surface area contributed by atoms with Crippen LogP contribution in [0.2, 0.25) is 0 Å². The van der Waals surface area contributed by atoms with E-state index in [1.807, 2.05) is 36.4 Å². The molecule has 0 aliphatic carbocycles. The average molecular weight is 368 g/mol. The molecule has 0 saturated heterocycles. The Hall–Kier alpha value is -2.33. The number of rotatable bonds is 11. The summed E-state index contributed by atoms with van der Waals surface area (Å²) in [6.07, 6.45) is 2.02. The fraction of sp³-hybridized carbons (Fsp3) is 0.435. The van der Waals surface area contributed by atoms with Crippen LogP contribution in [-0.4, -0.2) is 44.0 Å². The molecule has 2 rings (SSSR count). The highest BCUT2D eigenvalue weighted by Gasteiger charge is 2.25. The Labute approximate surface area is 164 Å². The van der Waals surface area contributed by atoms with Crippen LogP contribution in [0.5, 0.6) is 0 Å². The van der Waals surface area contributed by atoms with E-state index >= 15 is 0 Å². The van der Waals surface area contributed by atoms with Crippen molar-refractivity contribution in [3.05, 3.63) is 66.2 Å². The van der Waals surface area contributed by atoms with Crippen LogP contribution in [-0.2, 0) is 4.79 Å². The molecule has 0 aromatic heterocycles. The first-order chi connectivity index (χ1) is 13.2. The van der Waals surface area contributed by atoms with Crippen LogP contribution in [0.4, 0.5) is 5.69 Å². The van der Waals surface area contributed by atoms with Gasteiger partial charge in [0.25, 0.3) is 0 Å². The maximum absolute atomic E-state index is 12.9. The number of unbranched alkanes of at least 4 members (excludes halogenated alkanes) is 1. The number of carbonyl (C=O) groups is 1. The number of nitrogens with one attached hydrogen (secondary N) is 1. The number of amides is 1. The number of para-hydroxylation sites is 1. The van der Waals surface area contributed by atoms with E-state index in [2.05, 4.69) is 60.3 Å². The lowest BCUT2D eigenvalue weighted by Crippen LogP contribution is -2.41. The van der Waals surface area contributed by atoms with E-state index in [-0.39, 0.29) is 11.9 Å². The van der Waals surface area contributed by atoms with Gasteiger partial charge in [0, 0.05) is 25.8 Å². The predicted molar refractivity (Wildman–Crippen MR) is 114 cm³/mol. The topological polar surface area (TPSA) is 35.6 Å². The van der Waals surface area contributed by atoms with E-state index in [1.165, 1.54) is 5.69 Å². The minimum Gasteiger partial charge on any atom is -0.375 e. The number of hydrogen-bond donors (Lipinski definition) is 1. The quantitative estimate of drug-likeness (QED) is 0.607. The first-order valence-electron chi connectivity index (χ1n) is 10.00. The van der Waals surface area contributed by atoms with Gasteiger partial charge in [0.05, 0.1) is 0 Å². The maximum Gasteiger partial charge on any atom is 0.241 e. The van der Waals surface area contributed by atoms with Gasteiger partial charge in [0.2, 0.25) is 5.91 Å². The zero-order valence-electron chi connectivity index (χ0n) is 16.9. The highest BCUT2D eigenvalue weighted by Crippen LogP contribution is 2.20. The standard InChI is InChI=1S/C23H33N3O/c1-4-26(5-2)22(20-14-8-6-9-15-20)23(27)24-18-12-13-19-25(3)21-16-10-7-11-17-21/h6-11,14-17,22H,4-5,12-13,18-19H2,1-3H3,(H,24,27). The number of nitrogens with zero attached hydrogens (tertiary/aromatic N) is 2. The molecule has 146 valence electrons. The van der Waals surface area contributed by atoms with Crippen molar-refractivity contribution < 1.29 is 4.79 Å². The molecule has 1 unspecified atom stereocenters. The Bertz CT molecular complexity index is 656. The first-order valence-corrected chi connectivity index (χ1v) is 10.00. The lowest BCUT2D eigenvalue weighted by molar-refractivity contribution is -0.126. The fourth-order valence-corrected chi connectivity index (χ4v) is 3.35. The zero-order valence-corrected chi connectivity index (χ0v) is 16.9. The van der Waals surface area contributed by atoms with Crippen LogP contribution < -0.4 is 10.2 Å². The van der Waals surface area contributed by atoms with Crippen LogP contribution >= 0.6 is 0 Å². The van der Waals surface area contributed by atoms with Crippen molar-refractivity contribution in [1.29, 1.82) is 0 Å². The summed E-state index contributed by atoms with van der Waals surface area (Å²) < 4.78 is 0. The normalized spacial score (nSPS) is 12.0. The molecule has 1 amide bonds. The molecule has 4 heteroatoms. The van der Waals surface area contributed by atoms with Crippen molar-refractivity contribution in [3.63, 3.8) is 0 Å². The Morgan fingerprint density at radius 1 is 0.926 bits per heavy atom. The van der Waals surface area contributed by atoms with E-state index in [4.69, 9.17) is 0 Å². The summed E-state index contributed by atoms with van der Waals surface area (Å²) in [6, 6.07) is 20.2. The Balaban J connectivity index is 1.81. The molecular weight excluding hydrogens is 334 g/mol. The van der Waals surface area contributed by atoms with Crippen molar-refractivity contribution in [2.24, 2.45) is 0 Å². The molecule has 0 bridgehead atoms. The molecule has 4 nitrogen and oxygen atoms in total. The number of carbonyl (C=O) groups excluding carboxylic acids is 1. The summed E-state index contributed by atoms with van der Waals surface area (Å²) in [7, 11) is 2.11. The molecule has 1 N–H and O–H groups in total. The van der Waals surface area contributed by atoms with Crippen LogP contribution in [0.1, 0.15) is 38.3 Å². The van der Waals surface area contributed by atoms with Gasteiger partial charge in [-0.15, -0.1) is 0 Å². The van der Waals surface area contributed by atoms with Gasteiger partial charge in [0.1, 0.15) is 6.04 Å².